The summed E-state index contributed by atoms with van der Waals surface area (Å²) in [6.07, 6.45) is 0. The van der Waals surface area contributed by atoms with Gasteiger partial charge in [0.05, 0.1) is 10.7 Å². The Kier molecular flexibility index (Phi) is 2.78. The van der Waals surface area contributed by atoms with E-state index in [1.54, 1.807) is 11.3 Å². The predicted octanol–water partition coefficient (Wildman–Crippen LogP) is 2.77. The molecule has 0 aliphatic heterocycles. The average Bonchev–Trinajstić information content (AvgIpc) is 2.29. The van der Waals surface area contributed by atoms with E-state index in [-0.39, 0.29) is 5.54 Å². The molecule has 0 bridgehead atoms. The second-order valence-electron chi connectivity index (χ2n) is 4.34. The summed E-state index contributed by atoms with van der Waals surface area (Å²) in [4.78, 5) is 5.72. The Morgan fingerprint density at radius 2 is 1.92 bits per heavy atom. The zero-order valence-corrected chi connectivity index (χ0v) is 9.83. The number of nitrogens with zero attached hydrogens (tertiary/aromatic N) is 1. The minimum Gasteiger partial charge on any atom is -0.321 e. The van der Waals surface area contributed by atoms with Crippen LogP contribution in [0.4, 0.5) is 0 Å². The maximum atomic E-state index is 6.04. The Morgan fingerprint density at radius 1 is 1.38 bits per heavy atom. The summed E-state index contributed by atoms with van der Waals surface area (Å²) in [5.41, 5.74) is 6.87. The summed E-state index contributed by atoms with van der Waals surface area (Å²) in [5, 5.41) is 1.19. The number of hydrogen-bond donors (Lipinski definition) is 1. The molecule has 0 radical (unpaired) electrons. The molecule has 0 aromatic carbocycles. The number of nitrogens with two attached hydrogens (primary N) is 1. The standard InChI is InChI=1S/C10H18N2S/c1-6(2)9-12-7(3)8(13-9)10(4,5)11/h6H,11H2,1-5H3. The van der Waals surface area contributed by atoms with Crippen LogP contribution in [0.15, 0.2) is 0 Å². The lowest BCUT2D eigenvalue weighted by Gasteiger charge is -2.16. The molecule has 13 heavy (non-hydrogen) atoms. The van der Waals surface area contributed by atoms with Crippen LogP contribution in [0.3, 0.4) is 0 Å². The molecule has 3 heteroatoms. The highest BCUT2D eigenvalue weighted by molar-refractivity contribution is 7.12. The van der Waals surface area contributed by atoms with Gasteiger partial charge in [-0.2, -0.15) is 0 Å². The second-order valence-corrected chi connectivity index (χ2v) is 5.37. The summed E-state index contributed by atoms with van der Waals surface area (Å²) in [5.74, 6) is 0.500. The number of rotatable bonds is 2. The fraction of sp³-hybridized carbons (Fsp3) is 0.700. The van der Waals surface area contributed by atoms with Crippen LogP contribution in [0.5, 0.6) is 0 Å². The number of aryl methyl sites for hydroxylation is 1. The van der Waals surface area contributed by atoms with Crippen LogP contribution in [0.1, 0.15) is 49.2 Å². The molecule has 74 valence electrons. The highest BCUT2D eigenvalue weighted by Crippen LogP contribution is 2.30. The maximum Gasteiger partial charge on any atom is 0.0957 e. The van der Waals surface area contributed by atoms with Gasteiger partial charge in [0.15, 0.2) is 0 Å². The van der Waals surface area contributed by atoms with Crippen LogP contribution < -0.4 is 5.73 Å². The molecule has 1 aromatic rings. The van der Waals surface area contributed by atoms with Gasteiger partial charge < -0.3 is 5.73 Å². The largest absolute Gasteiger partial charge is 0.321 e. The van der Waals surface area contributed by atoms with Crippen LogP contribution in [0.25, 0.3) is 0 Å². The molecule has 0 saturated heterocycles. The predicted molar refractivity (Wildman–Crippen MR) is 58.2 cm³/mol. The third-order valence-electron chi connectivity index (χ3n) is 1.89. The molecular weight excluding hydrogens is 180 g/mol. The van der Waals surface area contributed by atoms with Gasteiger partial charge in [-0.05, 0) is 20.8 Å². The minimum atomic E-state index is -0.255. The SMILES string of the molecule is Cc1nc(C(C)C)sc1C(C)(C)N. The van der Waals surface area contributed by atoms with Gasteiger partial charge in [-0.15, -0.1) is 11.3 Å². The van der Waals surface area contributed by atoms with E-state index >= 15 is 0 Å². The Bertz CT molecular complexity index is 294. The second kappa shape index (κ2) is 3.39. The van der Waals surface area contributed by atoms with Crippen molar-refractivity contribution in [1.82, 2.24) is 4.98 Å². The molecule has 0 amide bonds. The number of hydrogen-bond acceptors (Lipinski definition) is 3. The molecule has 0 saturated carbocycles. The van der Waals surface area contributed by atoms with Crippen molar-refractivity contribution in [3.05, 3.63) is 15.6 Å². The van der Waals surface area contributed by atoms with Crippen molar-refractivity contribution in [3.63, 3.8) is 0 Å². The summed E-state index contributed by atoms with van der Waals surface area (Å²) >= 11 is 1.74. The number of aromatic nitrogens is 1. The molecule has 1 heterocycles. The van der Waals surface area contributed by atoms with E-state index < -0.39 is 0 Å². The van der Waals surface area contributed by atoms with E-state index in [1.165, 1.54) is 9.88 Å². The monoisotopic (exact) mass is 198 g/mol. The first kappa shape index (κ1) is 10.7. The van der Waals surface area contributed by atoms with Crippen LogP contribution >= 0.6 is 11.3 Å². The third-order valence-corrected chi connectivity index (χ3v) is 3.69. The summed E-state index contributed by atoms with van der Waals surface area (Å²) in [6.45, 7) is 10.4. The van der Waals surface area contributed by atoms with E-state index in [0.29, 0.717) is 5.92 Å². The van der Waals surface area contributed by atoms with Crippen molar-refractivity contribution in [1.29, 1.82) is 0 Å². The van der Waals surface area contributed by atoms with Gasteiger partial charge in [0.1, 0.15) is 0 Å². The number of thiazole rings is 1. The zero-order chi connectivity index (χ0) is 10.2. The van der Waals surface area contributed by atoms with Crippen molar-refractivity contribution in [2.75, 3.05) is 0 Å². The van der Waals surface area contributed by atoms with Gasteiger partial charge >= 0.3 is 0 Å². The molecule has 1 rings (SSSR count). The van der Waals surface area contributed by atoms with E-state index in [2.05, 4.69) is 18.8 Å². The van der Waals surface area contributed by atoms with Crippen molar-refractivity contribution in [2.24, 2.45) is 5.73 Å². The van der Waals surface area contributed by atoms with Crippen LogP contribution in [-0.2, 0) is 5.54 Å². The summed E-state index contributed by atoms with van der Waals surface area (Å²) in [7, 11) is 0. The molecule has 0 unspecified atom stereocenters. The van der Waals surface area contributed by atoms with E-state index in [9.17, 15) is 0 Å². The summed E-state index contributed by atoms with van der Waals surface area (Å²) < 4.78 is 0. The topological polar surface area (TPSA) is 38.9 Å². The molecule has 0 aliphatic rings. The van der Waals surface area contributed by atoms with Crippen LogP contribution in [0, 0.1) is 6.92 Å². The zero-order valence-electron chi connectivity index (χ0n) is 9.01. The summed E-state index contributed by atoms with van der Waals surface area (Å²) in [6, 6.07) is 0. The molecule has 1 aromatic heterocycles. The lowest BCUT2D eigenvalue weighted by Crippen LogP contribution is -2.28. The molecule has 0 atom stereocenters. The highest BCUT2D eigenvalue weighted by Gasteiger charge is 2.21. The maximum absolute atomic E-state index is 6.04. The van der Waals surface area contributed by atoms with E-state index in [0.717, 1.165) is 5.69 Å². The van der Waals surface area contributed by atoms with Gasteiger partial charge in [0.25, 0.3) is 0 Å². The smallest absolute Gasteiger partial charge is 0.0957 e. The molecule has 0 fully saturated rings. The first-order valence-corrected chi connectivity index (χ1v) is 5.40. The average molecular weight is 198 g/mol. The van der Waals surface area contributed by atoms with Crippen LogP contribution in [-0.4, -0.2) is 4.98 Å². The quantitative estimate of drug-likeness (QED) is 0.793. The van der Waals surface area contributed by atoms with Crippen molar-refractivity contribution in [3.8, 4) is 0 Å². The first-order chi connectivity index (χ1) is 5.82. The molecule has 0 spiro atoms. The molecular formula is C10H18N2S. The lowest BCUT2D eigenvalue weighted by atomic mass is 10.0. The van der Waals surface area contributed by atoms with Crippen LogP contribution in [0.2, 0.25) is 0 Å². The van der Waals surface area contributed by atoms with Gasteiger partial charge in [0, 0.05) is 16.3 Å². The van der Waals surface area contributed by atoms with Gasteiger partial charge in [-0.3, -0.25) is 0 Å². The normalized spacial score (nSPS) is 12.5. The van der Waals surface area contributed by atoms with Crippen molar-refractivity contribution < 1.29 is 0 Å². The van der Waals surface area contributed by atoms with Gasteiger partial charge in [-0.1, -0.05) is 13.8 Å². The van der Waals surface area contributed by atoms with Gasteiger partial charge in [-0.25, -0.2) is 4.98 Å². The van der Waals surface area contributed by atoms with Crippen molar-refractivity contribution >= 4 is 11.3 Å². The Balaban J connectivity index is 3.11. The first-order valence-electron chi connectivity index (χ1n) is 4.59. The Morgan fingerprint density at radius 3 is 2.15 bits per heavy atom. The van der Waals surface area contributed by atoms with E-state index in [1.807, 2.05) is 20.8 Å². The van der Waals surface area contributed by atoms with Gasteiger partial charge in [0.2, 0.25) is 0 Å². The van der Waals surface area contributed by atoms with Crippen molar-refractivity contribution in [2.45, 2.75) is 46.1 Å². The fourth-order valence-electron chi connectivity index (χ4n) is 1.26. The molecule has 2 N–H and O–H groups in total. The molecule has 0 aliphatic carbocycles. The Labute approximate surface area is 84.2 Å². The Hall–Kier alpha value is -0.410. The lowest BCUT2D eigenvalue weighted by molar-refractivity contribution is 0.562. The fourth-order valence-corrected chi connectivity index (χ4v) is 2.35. The van der Waals surface area contributed by atoms with E-state index in [4.69, 9.17) is 5.73 Å². The molecule has 2 nitrogen and oxygen atoms in total. The third kappa shape index (κ3) is 2.29. The highest BCUT2D eigenvalue weighted by atomic mass is 32.1. The minimum absolute atomic E-state index is 0.255.